The second-order valence-electron chi connectivity index (χ2n) is 4.88. The molecule has 0 unspecified atom stereocenters. The minimum atomic E-state index is -3.71. The Kier molecular flexibility index (Phi) is 4.07. The monoisotopic (exact) mass is 299 g/mol. The smallest absolute Gasteiger partial charge is 0.270 e. The molecule has 1 atom stereocenters. The van der Waals surface area contributed by atoms with Crippen molar-refractivity contribution in [2.45, 2.75) is 24.8 Å². The van der Waals surface area contributed by atoms with Crippen LogP contribution in [0.2, 0.25) is 0 Å². The van der Waals surface area contributed by atoms with E-state index in [9.17, 15) is 18.5 Å². The van der Waals surface area contributed by atoms with E-state index in [0.29, 0.717) is 25.2 Å². The van der Waals surface area contributed by atoms with Crippen molar-refractivity contribution in [2.75, 3.05) is 19.6 Å². The average molecular weight is 299 g/mol. The van der Waals surface area contributed by atoms with E-state index in [0.717, 1.165) is 6.07 Å². The van der Waals surface area contributed by atoms with Crippen LogP contribution in [0.15, 0.2) is 23.1 Å². The average Bonchev–Trinajstić information content (AvgIpc) is 2.39. The molecule has 1 fully saturated rings. The van der Waals surface area contributed by atoms with Gasteiger partial charge in [-0.05, 0) is 19.4 Å². The summed E-state index contributed by atoms with van der Waals surface area (Å²) in [6.07, 6.45) is 0. The molecule has 20 heavy (non-hydrogen) atoms. The second-order valence-corrected chi connectivity index (χ2v) is 6.73. The number of benzene rings is 1. The highest BCUT2D eigenvalue weighted by atomic mass is 32.2. The highest BCUT2D eigenvalue weighted by Gasteiger charge is 2.32. The number of piperazine rings is 1. The number of hydrogen-bond acceptors (Lipinski definition) is 5. The topological polar surface area (TPSA) is 92.5 Å². The molecule has 110 valence electrons. The van der Waals surface area contributed by atoms with Crippen LogP contribution in [0.3, 0.4) is 0 Å². The maximum atomic E-state index is 12.7. The zero-order chi connectivity index (χ0) is 14.9. The Labute approximate surface area is 117 Å². The molecule has 1 aliphatic heterocycles. The van der Waals surface area contributed by atoms with Gasteiger partial charge in [-0.2, -0.15) is 4.31 Å². The number of nitro groups is 1. The lowest BCUT2D eigenvalue weighted by Crippen LogP contribution is -2.52. The fraction of sp³-hybridized carbons (Fsp3) is 0.500. The molecule has 1 N–H and O–H groups in total. The van der Waals surface area contributed by atoms with Gasteiger partial charge in [0, 0.05) is 37.8 Å². The van der Waals surface area contributed by atoms with Crippen LogP contribution in [0.5, 0.6) is 0 Å². The van der Waals surface area contributed by atoms with Crippen molar-refractivity contribution in [3.05, 3.63) is 33.9 Å². The fourth-order valence-electron chi connectivity index (χ4n) is 2.29. The molecule has 0 spiro atoms. The molecule has 1 heterocycles. The van der Waals surface area contributed by atoms with Crippen molar-refractivity contribution >= 4 is 15.7 Å². The maximum Gasteiger partial charge on any atom is 0.270 e. The lowest BCUT2D eigenvalue weighted by atomic mass is 10.2. The minimum Gasteiger partial charge on any atom is -0.314 e. The number of aryl methyl sites for hydroxylation is 1. The number of sulfonamides is 1. The van der Waals surface area contributed by atoms with E-state index < -0.39 is 14.9 Å². The van der Waals surface area contributed by atoms with Crippen molar-refractivity contribution in [1.82, 2.24) is 9.62 Å². The van der Waals surface area contributed by atoms with Gasteiger partial charge in [0.1, 0.15) is 0 Å². The predicted octanol–water partition coefficient (Wildman–Crippen LogP) is 0.886. The molecule has 8 heteroatoms. The third kappa shape index (κ3) is 2.67. The van der Waals surface area contributed by atoms with Gasteiger partial charge in [0.15, 0.2) is 0 Å². The maximum absolute atomic E-state index is 12.7. The molecule has 0 radical (unpaired) electrons. The molecule has 0 aliphatic carbocycles. The summed E-state index contributed by atoms with van der Waals surface area (Å²) in [5.74, 6) is 0. The van der Waals surface area contributed by atoms with Gasteiger partial charge in [0.25, 0.3) is 5.69 Å². The van der Waals surface area contributed by atoms with E-state index in [1.165, 1.54) is 16.4 Å². The summed E-state index contributed by atoms with van der Waals surface area (Å²) >= 11 is 0. The number of nitro benzene ring substituents is 1. The number of hydrogen-bond donors (Lipinski definition) is 1. The molecule has 1 aromatic carbocycles. The van der Waals surface area contributed by atoms with Gasteiger partial charge >= 0.3 is 0 Å². The van der Waals surface area contributed by atoms with Crippen LogP contribution in [-0.2, 0) is 10.0 Å². The zero-order valence-electron chi connectivity index (χ0n) is 11.4. The number of nitrogens with zero attached hydrogens (tertiary/aromatic N) is 2. The molecule has 0 amide bonds. The summed E-state index contributed by atoms with van der Waals surface area (Å²) in [6, 6.07) is 3.75. The standard InChI is InChI=1S/C12H17N3O4S/c1-9-3-4-11(15(16)17)7-12(9)20(18,19)14-6-5-13-8-10(14)2/h3-4,7,10,13H,5-6,8H2,1-2H3/t10-/m0/s1. The van der Waals surface area contributed by atoms with Crippen LogP contribution < -0.4 is 5.32 Å². The second kappa shape index (κ2) is 5.47. The minimum absolute atomic E-state index is 0.0143. The van der Waals surface area contributed by atoms with Crippen molar-refractivity contribution in [1.29, 1.82) is 0 Å². The fourth-order valence-corrected chi connectivity index (χ4v) is 4.16. The third-order valence-electron chi connectivity index (χ3n) is 3.41. The summed E-state index contributed by atoms with van der Waals surface area (Å²) in [6.45, 7) is 4.98. The molecule has 1 saturated heterocycles. The molecule has 1 aromatic rings. The first-order valence-electron chi connectivity index (χ1n) is 6.31. The third-order valence-corrected chi connectivity index (χ3v) is 5.57. The first kappa shape index (κ1) is 14.9. The van der Waals surface area contributed by atoms with Gasteiger partial charge in [0.2, 0.25) is 10.0 Å². The van der Waals surface area contributed by atoms with Crippen molar-refractivity contribution in [2.24, 2.45) is 0 Å². The lowest BCUT2D eigenvalue weighted by molar-refractivity contribution is -0.385. The largest absolute Gasteiger partial charge is 0.314 e. The van der Waals surface area contributed by atoms with Gasteiger partial charge in [-0.15, -0.1) is 0 Å². The van der Waals surface area contributed by atoms with Crippen molar-refractivity contribution in [3.63, 3.8) is 0 Å². The van der Waals surface area contributed by atoms with Crippen LogP contribution in [0, 0.1) is 17.0 Å². The summed E-state index contributed by atoms with van der Waals surface area (Å²) in [5, 5.41) is 13.9. The van der Waals surface area contributed by atoms with Crippen LogP contribution in [0.4, 0.5) is 5.69 Å². The Bertz CT molecular complexity index is 630. The molecule has 2 rings (SSSR count). The summed E-state index contributed by atoms with van der Waals surface area (Å²) in [7, 11) is -3.71. The van der Waals surface area contributed by atoms with E-state index in [1.807, 2.05) is 6.92 Å². The summed E-state index contributed by atoms with van der Waals surface area (Å²) < 4.78 is 26.7. The van der Waals surface area contributed by atoms with Gasteiger partial charge < -0.3 is 5.32 Å². The highest BCUT2D eigenvalue weighted by molar-refractivity contribution is 7.89. The number of non-ortho nitro benzene ring substituents is 1. The van der Waals surface area contributed by atoms with E-state index >= 15 is 0 Å². The van der Waals surface area contributed by atoms with Crippen molar-refractivity contribution < 1.29 is 13.3 Å². The van der Waals surface area contributed by atoms with E-state index in [1.54, 1.807) is 6.92 Å². The van der Waals surface area contributed by atoms with Crippen LogP contribution in [0.1, 0.15) is 12.5 Å². The zero-order valence-corrected chi connectivity index (χ0v) is 12.2. The molecular weight excluding hydrogens is 282 g/mol. The van der Waals surface area contributed by atoms with Crippen molar-refractivity contribution in [3.8, 4) is 0 Å². The first-order valence-corrected chi connectivity index (χ1v) is 7.75. The van der Waals surface area contributed by atoms with Crippen LogP contribution in [-0.4, -0.2) is 43.3 Å². The van der Waals surface area contributed by atoms with E-state index in [2.05, 4.69) is 5.32 Å². The van der Waals surface area contributed by atoms with Gasteiger partial charge in [-0.25, -0.2) is 8.42 Å². The quantitative estimate of drug-likeness (QED) is 0.661. The highest BCUT2D eigenvalue weighted by Crippen LogP contribution is 2.26. The normalized spacial score (nSPS) is 20.8. The Balaban J connectivity index is 2.48. The Morgan fingerprint density at radius 3 is 2.75 bits per heavy atom. The number of nitrogens with one attached hydrogen (secondary N) is 1. The predicted molar refractivity (Wildman–Crippen MR) is 74.1 cm³/mol. The van der Waals surface area contributed by atoms with Gasteiger partial charge in [-0.3, -0.25) is 10.1 Å². The Hall–Kier alpha value is -1.51. The molecule has 0 bridgehead atoms. The van der Waals surface area contributed by atoms with Crippen LogP contribution in [0.25, 0.3) is 0 Å². The molecular formula is C12H17N3O4S. The Morgan fingerprint density at radius 1 is 1.45 bits per heavy atom. The number of rotatable bonds is 3. The van der Waals surface area contributed by atoms with Gasteiger partial charge in [0.05, 0.1) is 9.82 Å². The molecule has 7 nitrogen and oxygen atoms in total. The summed E-state index contributed by atoms with van der Waals surface area (Å²) in [5.41, 5.74) is 0.304. The molecule has 0 aromatic heterocycles. The lowest BCUT2D eigenvalue weighted by Gasteiger charge is -2.33. The first-order chi connectivity index (χ1) is 9.34. The molecule has 1 aliphatic rings. The van der Waals surface area contributed by atoms with E-state index in [-0.39, 0.29) is 16.6 Å². The van der Waals surface area contributed by atoms with Gasteiger partial charge in [-0.1, -0.05) is 6.07 Å². The molecule has 0 saturated carbocycles. The SMILES string of the molecule is Cc1ccc([N+](=O)[O-])cc1S(=O)(=O)N1CCNC[C@@H]1C. The Morgan fingerprint density at radius 2 is 2.15 bits per heavy atom. The summed E-state index contributed by atoms with van der Waals surface area (Å²) in [4.78, 5) is 10.2. The van der Waals surface area contributed by atoms with Crippen LogP contribution >= 0.6 is 0 Å². The van der Waals surface area contributed by atoms with E-state index in [4.69, 9.17) is 0 Å².